The summed E-state index contributed by atoms with van der Waals surface area (Å²) in [5.41, 5.74) is 0. The van der Waals surface area contributed by atoms with E-state index in [2.05, 4.69) is 31.8 Å². The van der Waals surface area contributed by atoms with Crippen LogP contribution in [-0.4, -0.2) is 58.0 Å². The van der Waals surface area contributed by atoms with Crippen LogP contribution in [0.2, 0.25) is 0 Å². The second-order valence-corrected chi connectivity index (χ2v) is 3.63. The van der Waals surface area contributed by atoms with Gasteiger partial charge in [-0.3, -0.25) is 4.90 Å². The third kappa shape index (κ3) is 4.20. The highest BCUT2D eigenvalue weighted by Gasteiger charge is 2.14. The molecular formula is C11H21N5. The quantitative estimate of drug-likeness (QED) is 0.736. The number of likely N-dealkylation sites (N-methyl/N-ethyl adjacent to an activating group) is 1. The highest BCUT2D eigenvalue weighted by atomic mass is 15.3. The fourth-order valence-electron chi connectivity index (χ4n) is 1.55. The summed E-state index contributed by atoms with van der Waals surface area (Å²) in [7, 11) is 2.15. The van der Waals surface area contributed by atoms with Crippen molar-refractivity contribution in [3.05, 3.63) is 18.5 Å². The summed E-state index contributed by atoms with van der Waals surface area (Å²) in [4.78, 5) is 16.7. The Morgan fingerprint density at radius 3 is 2.19 bits per heavy atom. The van der Waals surface area contributed by atoms with Gasteiger partial charge >= 0.3 is 0 Å². The van der Waals surface area contributed by atoms with Crippen molar-refractivity contribution < 1.29 is 0 Å². The summed E-state index contributed by atoms with van der Waals surface area (Å²) < 4.78 is 0. The van der Waals surface area contributed by atoms with Crippen molar-refractivity contribution >= 4 is 0 Å². The number of aromatic nitrogens is 3. The van der Waals surface area contributed by atoms with Crippen molar-refractivity contribution in [2.24, 2.45) is 0 Å². The van der Waals surface area contributed by atoms with E-state index in [1.54, 1.807) is 12.7 Å². The second kappa shape index (κ2) is 7.24. The Kier molecular flexibility index (Phi) is 5.88. The van der Waals surface area contributed by atoms with Gasteiger partial charge in [0.15, 0.2) is 0 Å². The summed E-state index contributed by atoms with van der Waals surface area (Å²) >= 11 is 0. The molecule has 0 N–H and O–H groups in total. The summed E-state index contributed by atoms with van der Waals surface area (Å²) in [6.45, 7) is 9.30. The van der Waals surface area contributed by atoms with Gasteiger partial charge in [-0.15, -0.1) is 0 Å². The lowest BCUT2D eigenvalue weighted by Gasteiger charge is -2.31. The van der Waals surface area contributed by atoms with Crippen LogP contribution in [0.1, 0.15) is 19.7 Å². The molecule has 0 atom stereocenters. The van der Waals surface area contributed by atoms with Gasteiger partial charge in [0.05, 0.1) is 6.54 Å². The third-order valence-electron chi connectivity index (χ3n) is 2.51. The van der Waals surface area contributed by atoms with Crippen LogP contribution in [-0.2, 0) is 6.54 Å². The predicted molar refractivity (Wildman–Crippen MR) is 63.9 cm³/mol. The zero-order valence-electron chi connectivity index (χ0n) is 10.4. The molecule has 1 aromatic rings. The van der Waals surface area contributed by atoms with Gasteiger partial charge in [0.2, 0.25) is 0 Å². The van der Waals surface area contributed by atoms with Crippen LogP contribution in [0.4, 0.5) is 0 Å². The SMILES string of the molecule is CC.CN1CCN(Cc2ncncn2)CC1. The van der Waals surface area contributed by atoms with Crippen molar-refractivity contribution in [1.29, 1.82) is 0 Å². The van der Waals surface area contributed by atoms with Crippen LogP contribution in [0.15, 0.2) is 12.7 Å². The topological polar surface area (TPSA) is 45.2 Å². The number of rotatable bonds is 2. The Labute approximate surface area is 97.5 Å². The highest BCUT2D eigenvalue weighted by molar-refractivity contribution is 4.83. The van der Waals surface area contributed by atoms with Crippen LogP contribution < -0.4 is 0 Å². The summed E-state index contributed by atoms with van der Waals surface area (Å²) in [6.07, 6.45) is 3.11. The zero-order chi connectivity index (χ0) is 11.8. The molecule has 2 heterocycles. The maximum absolute atomic E-state index is 4.11. The molecule has 0 amide bonds. The first-order chi connectivity index (χ1) is 7.84. The average Bonchev–Trinajstić information content (AvgIpc) is 2.36. The van der Waals surface area contributed by atoms with Gasteiger partial charge in [-0.25, -0.2) is 15.0 Å². The molecule has 0 aliphatic carbocycles. The lowest BCUT2D eigenvalue weighted by Crippen LogP contribution is -2.44. The maximum Gasteiger partial charge on any atom is 0.145 e. The average molecular weight is 223 g/mol. The molecule has 0 saturated carbocycles. The van der Waals surface area contributed by atoms with Crippen LogP contribution in [0.3, 0.4) is 0 Å². The second-order valence-electron chi connectivity index (χ2n) is 3.63. The molecule has 0 radical (unpaired) electrons. The number of hydrogen-bond acceptors (Lipinski definition) is 5. The summed E-state index contributed by atoms with van der Waals surface area (Å²) in [5, 5.41) is 0. The molecule has 0 aromatic carbocycles. The van der Waals surface area contributed by atoms with E-state index in [9.17, 15) is 0 Å². The smallest absolute Gasteiger partial charge is 0.145 e. The van der Waals surface area contributed by atoms with E-state index in [4.69, 9.17) is 0 Å². The molecule has 1 fully saturated rings. The van der Waals surface area contributed by atoms with E-state index < -0.39 is 0 Å². The Bertz CT molecular complexity index is 269. The lowest BCUT2D eigenvalue weighted by atomic mass is 10.3. The number of nitrogens with zero attached hydrogens (tertiary/aromatic N) is 5. The lowest BCUT2D eigenvalue weighted by molar-refractivity contribution is 0.145. The molecule has 0 spiro atoms. The maximum atomic E-state index is 4.11. The molecule has 16 heavy (non-hydrogen) atoms. The monoisotopic (exact) mass is 223 g/mol. The molecule has 0 bridgehead atoms. The van der Waals surface area contributed by atoms with E-state index >= 15 is 0 Å². The van der Waals surface area contributed by atoms with Gasteiger partial charge in [-0.1, -0.05) is 13.8 Å². The minimum atomic E-state index is 0.844. The first kappa shape index (κ1) is 13.0. The van der Waals surface area contributed by atoms with Gasteiger partial charge < -0.3 is 4.90 Å². The molecule has 1 aromatic heterocycles. The molecule has 5 heteroatoms. The van der Waals surface area contributed by atoms with Crippen LogP contribution in [0.25, 0.3) is 0 Å². The van der Waals surface area contributed by atoms with E-state index in [0.717, 1.165) is 38.5 Å². The Hall–Kier alpha value is -1.07. The zero-order valence-corrected chi connectivity index (χ0v) is 10.4. The summed E-state index contributed by atoms with van der Waals surface area (Å²) in [5.74, 6) is 0.865. The van der Waals surface area contributed by atoms with E-state index in [1.807, 2.05) is 13.8 Å². The van der Waals surface area contributed by atoms with Crippen LogP contribution in [0, 0.1) is 0 Å². The minimum absolute atomic E-state index is 0.844. The standard InChI is InChI=1S/C9H15N5.C2H6/c1-13-2-4-14(5-3-13)6-9-11-7-10-8-12-9;1-2/h7-8H,2-6H2,1H3;1-2H3. The molecule has 1 aliphatic rings. The molecule has 0 unspecified atom stereocenters. The van der Waals surface area contributed by atoms with Crippen molar-refractivity contribution in [1.82, 2.24) is 24.8 Å². The van der Waals surface area contributed by atoms with E-state index in [0.29, 0.717) is 0 Å². The Morgan fingerprint density at radius 1 is 1.06 bits per heavy atom. The van der Waals surface area contributed by atoms with Crippen LogP contribution >= 0.6 is 0 Å². The molecule has 1 saturated heterocycles. The molecule has 90 valence electrons. The fourth-order valence-corrected chi connectivity index (χ4v) is 1.55. The first-order valence-corrected chi connectivity index (χ1v) is 5.86. The minimum Gasteiger partial charge on any atom is -0.304 e. The van der Waals surface area contributed by atoms with Gasteiger partial charge in [-0.2, -0.15) is 0 Å². The molecule has 1 aliphatic heterocycles. The molecular weight excluding hydrogens is 202 g/mol. The summed E-state index contributed by atoms with van der Waals surface area (Å²) in [6, 6.07) is 0. The van der Waals surface area contributed by atoms with Crippen LogP contribution in [0.5, 0.6) is 0 Å². The Balaban J connectivity index is 0.000000606. The first-order valence-electron chi connectivity index (χ1n) is 5.86. The fraction of sp³-hybridized carbons (Fsp3) is 0.727. The van der Waals surface area contributed by atoms with Crippen molar-refractivity contribution in [3.8, 4) is 0 Å². The van der Waals surface area contributed by atoms with Gasteiger partial charge in [0, 0.05) is 26.2 Å². The van der Waals surface area contributed by atoms with Crippen molar-refractivity contribution in [2.45, 2.75) is 20.4 Å². The van der Waals surface area contributed by atoms with E-state index in [1.165, 1.54) is 0 Å². The normalized spacial score (nSPS) is 17.7. The van der Waals surface area contributed by atoms with Gasteiger partial charge in [-0.05, 0) is 7.05 Å². The Morgan fingerprint density at radius 2 is 1.62 bits per heavy atom. The highest BCUT2D eigenvalue weighted by Crippen LogP contribution is 2.02. The number of hydrogen-bond donors (Lipinski definition) is 0. The third-order valence-corrected chi connectivity index (χ3v) is 2.51. The van der Waals surface area contributed by atoms with E-state index in [-0.39, 0.29) is 0 Å². The molecule has 2 rings (SSSR count). The largest absolute Gasteiger partial charge is 0.304 e. The molecule has 5 nitrogen and oxygen atoms in total. The van der Waals surface area contributed by atoms with Gasteiger partial charge in [0.25, 0.3) is 0 Å². The van der Waals surface area contributed by atoms with Crippen molar-refractivity contribution in [3.63, 3.8) is 0 Å². The van der Waals surface area contributed by atoms with Crippen molar-refractivity contribution in [2.75, 3.05) is 33.2 Å². The number of piperazine rings is 1. The van der Waals surface area contributed by atoms with Gasteiger partial charge in [0.1, 0.15) is 18.5 Å². The predicted octanol–water partition coefficient (Wildman–Crippen LogP) is 0.645.